The van der Waals surface area contributed by atoms with Crippen molar-refractivity contribution in [2.24, 2.45) is 0 Å². The van der Waals surface area contributed by atoms with Gasteiger partial charge in [-0.3, -0.25) is 4.57 Å². The van der Waals surface area contributed by atoms with E-state index in [1.54, 1.807) is 6.33 Å². The van der Waals surface area contributed by atoms with Crippen LogP contribution in [0, 0.1) is 5.82 Å². The van der Waals surface area contributed by atoms with Gasteiger partial charge in [0.05, 0.1) is 0 Å². The van der Waals surface area contributed by atoms with Crippen LogP contribution in [0.4, 0.5) is 21.8 Å². The molecule has 2 heterocycles. The minimum absolute atomic E-state index is 0.245. The third kappa shape index (κ3) is 5.16. The molecule has 0 aliphatic carbocycles. The molecule has 4 aromatic carbocycles. The highest BCUT2D eigenvalue weighted by atomic mass is 19.1. The Kier molecular flexibility index (Phi) is 6.40. The second kappa shape index (κ2) is 10.2. The minimum atomic E-state index is -0.448. The van der Waals surface area contributed by atoms with Crippen LogP contribution in [0.1, 0.15) is 25.0 Å². The maximum Gasteiger partial charge on any atom is 0.210 e. The van der Waals surface area contributed by atoms with Gasteiger partial charge in [-0.15, -0.1) is 0 Å². The summed E-state index contributed by atoms with van der Waals surface area (Å²) in [4.78, 5) is 14.2. The zero-order chi connectivity index (χ0) is 26.8. The molecule has 0 radical (unpaired) electrons. The summed E-state index contributed by atoms with van der Waals surface area (Å²) in [5, 5.41) is 9.31. The molecular formula is C32H29FN6. The molecule has 0 amide bonds. The molecule has 39 heavy (non-hydrogen) atoms. The van der Waals surface area contributed by atoms with Gasteiger partial charge in [0, 0.05) is 17.8 Å². The number of nitrogens with zero attached hydrogens (tertiary/aromatic N) is 4. The van der Waals surface area contributed by atoms with Gasteiger partial charge in [0.1, 0.15) is 12.1 Å². The predicted molar refractivity (Wildman–Crippen MR) is 156 cm³/mol. The number of imidazole rings is 1. The molecule has 0 aliphatic rings. The zero-order valence-corrected chi connectivity index (χ0v) is 21.9. The molecule has 0 unspecified atom stereocenters. The monoisotopic (exact) mass is 516 g/mol. The summed E-state index contributed by atoms with van der Waals surface area (Å²) < 4.78 is 15.7. The average molecular weight is 517 g/mol. The Morgan fingerprint density at radius 1 is 0.795 bits per heavy atom. The number of hydrogen-bond acceptors (Lipinski definition) is 5. The van der Waals surface area contributed by atoms with Crippen molar-refractivity contribution in [1.29, 1.82) is 0 Å². The summed E-state index contributed by atoms with van der Waals surface area (Å²) in [5.74, 6) is 1.09. The first-order chi connectivity index (χ1) is 19.0. The van der Waals surface area contributed by atoms with Crippen molar-refractivity contribution in [3.8, 4) is 0 Å². The Labute approximate surface area is 226 Å². The summed E-state index contributed by atoms with van der Waals surface area (Å²) >= 11 is 0. The Balaban J connectivity index is 1.43. The summed E-state index contributed by atoms with van der Waals surface area (Å²) in [6.45, 7) is 4.90. The van der Waals surface area contributed by atoms with E-state index in [0.717, 1.165) is 27.8 Å². The molecule has 0 spiro atoms. The molecule has 6 rings (SSSR count). The van der Waals surface area contributed by atoms with Crippen LogP contribution in [-0.4, -0.2) is 19.5 Å². The number of rotatable bonds is 8. The standard InChI is InChI=1S/C32H29FN6/c1-32(2,19-22-12-15-26(33)16-13-22)39-30-28(29(35-21-36-30)34-20-23-8-4-3-5-9-23)38-31(39)37-27-17-14-24-10-6-7-11-25(24)18-27/h3-18,21H,19-20H2,1-2H3,(H,37,38)(H,34,35,36). The number of hydrogen-bond donors (Lipinski definition) is 2. The molecule has 6 nitrogen and oxygen atoms in total. The number of nitrogens with one attached hydrogen (secondary N) is 2. The fourth-order valence-corrected chi connectivity index (χ4v) is 5.04. The van der Waals surface area contributed by atoms with Crippen molar-refractivity contribution < 1.29 is 4.39 Å². The Morgan fingerprint density at radius 3 is 2.33 bits per heavy atom. The minimum Gasteiger partial charge on any atom is -0.364 e. The summed E-state index contributed by atoms with van der Waals surface area (Å²) in [5.41, 5.74) is 4.05. The molecule has 0 bridgehead atoms. The van der Waals surface area contributed by atoms with Crippen LogP contribution in [0.25, 0.3) is 21.9 Å². The van der Waals surface area contributed by atoms with Gasteiger partial charge < -0.3 is 10.6 Å². The van der Waals surface area contributed by atoms with Crippen LogP contribution in [0.15, 0.2) is 103 Å². The van der Waals surface area contributed by atoms with Gasteiger partial charge in [-0.1, -0.05) is 72.8 Å². The Hall–Kier alpha value is -4.78. The lowest BCUT2D eigenvalue weighted by atomic mass is 9.94. The summed E-state index contributed by atoms with van der Waals surface area (Å²) in [6.07, 6.45) is 2.23. The van der Waals surface area contributed by atoms with Crippen LogP contribution in [-0.2, 0) is 18.5 Å². The zero-order valence-electron chi connectivity index (χ0n) is 21.9. The average Bonchev–Trinajstić information content (AvgIpc) is 3.33. The van der Waals surface area contributed by atoms with Crippen LogP contribution >= 0.6 is 0 Å². The van der Waals surface area contributed by atoms with Crippen molar-refractivity contribution in [2.75, 3.05) is 10.6 Å². The molecule has 0 saturated carbocycles. The molecule has 2 aromatic heterocycles. The van der Waals surface area contributed by atoms with E-state index in [1.165, 1.54) is 17.5 Å². The van der Waals surface area contributed by atoms with Gasteiger partial charge in [-0.25, -0.2) is 19.3 Å². The lowest BCUT2D eigenvalue weighted by Crippen LogP contribution is -2.30. The molecule has 0 fully saturated rings. The van der Waals surface area contributed by atoms with E-state index >= 15 is 0 Å². The van der Waals surface area contributed by atoms with Crippen molar-refractivity contribution in [3.05, 3.63) is 120 Å². The van der Waals surface area contributed by atoms with Gasteiger partial charge in [0.15, 0.2) is 17.0 Å². The SMILES string of the molecule is CC(C)(Cc1ccc(F)cc1)n1c(Nc2ccc3ccccc3c2)nc2c(NCc3ccccc3)ncnc21. The molecule has 0 aliphatic heterocycles. The van der Waals surface area contributed by atoms with Crippen LogP contribution in [0.5, 0.6) is 0 Å². The molecule has 0 saturated heterocycles. The van der Waals surface area contributed by atoms with Gasteiger partial charge in [-0.2, -0.15) is 0 Å². The second-order valence-corrected chi connectivity index (χ2v) is 10.3. The smallest absolute Gasteiger partial charge is 0.210 e. The van der Waals surface area contributed by atoms with Crippen molar-refractivity contribution in [1.82, 2.24) is 19.5 Å². The van der Waals surface area contributed by atoms with Gasteiger partial charge >= 0.3 is 0 Å². The Morgan fingerprint density at radius 2 is 1.54 bits per heavy atom. The van der Waals surface area contributed by atoms with Crippen LogP contribution in [0.3, 0.4) is 0 Å². The third-order valence-electron chi connectivity index (χ3n) is 6.91. The lowest BCUT2D eigenvalue weighted by molar-refractivity contribution is 0.365. The molecular weight excluding hydrogens is 487 g/mol. The van der Waals surface area contributed by atoms with E-state index in [4.69, 9.17) is 4.98 Å². The third-order valence-corrected chi connectivity index (χ3v) is 6.91. The summed E-state index contributed by atoms with van der Waals surface area (Å²) in [6, 6.07) is 31.4. The highest BCUT2D eigenvalue weighted by molar-refractivity contribution is 5.88. The van der Waals surface area contributed by atoms with E-state index in [-0.39, 0.29) is 5.82 Å². The number of halogens is 1. The molecule has 2 N–H and O–H groups in total. The predicted octanol–water partition coefficient (Wildman–Crippen LogP) is 7.45. The number of fused-ring (bicyclic) bond motifs is 2. The highest BCUT2D eigenvalue weighted by Gasteiger charge is 2.29. The van der Waals surface area contributed by atoms with Crippen LogP contribution in [0.2, 0.25) is 0 Å². The number of aromatic nitrogens is 4. The van der Waals surface area contributed by atoms with E-state index in [9.17, 15) is 4.39 Å². The first-order valence-electron chi connectivity index (χ1n) is 13.0. The lowest BCUT2D eigenvalue weighted by Gasteiger charge is -2.29. The molecule has 6 aromatic rings. The maximum absolute atomic E-state index is 13.6. The van der Waals surface area contributed by atoms with Gasteiger partial charge in [-0.05, 0) is 66.4 Å². The van der Waals surface area contributed by atoms with Crippen molar-refractivity contribution in [3.63, 3.8) is 0 Å². The van der Waals surface area contributed by atoms with Gasteiger partial charge in [0.2, 0.25) is 5.95 Å². The van der Waals surface area contributed by atoms with E-state index in [2.05, 4.69) is 81.5 Å². The quantitative estimate of drug-likeness (QED) is 0.220. The fraction of sp³-hybridized carbons (Fsp3) is 0.156. The second-order valence-electron chi connectivity index (χ2n) is 10.3. The summed E-state index contributed by atoms with van der Waals surface area (Å²) in [7, 11) is 0. The topological polar surface area (TPSA) is 67.7 Å². The molecule has 0 atom stereocenters. The normalized spacial score (nSPS) is 11.7. The first-order valence-corrected chi connectivity index (χ1v) is 13.0. The first kappa shape index (κ1) is 24.6. The van der Waals surface area contributed by atoms with E-state index < -0.39 is 5.54 Å². The number of benzene rings is 4. The van der Waals surface area contributed by atoms with Crippen LogP contribution < -0.4 is 10.6 Å². The van der Waals surface area contributed by atoms with E-state index in [1.807, 2.05) is 42.5 Å². The number of anilines is 3. The van der Waals surface area contributed by atoms with E-state index in [0.29, 0.717) is 30.2 Å². The fourth-order valence-electron chi connectivity index (χ4n) is 5.04. The maximum atomic E-state index is 13.6. The van der Waals surface area contributed by atoms with Crippen molar-refractivity contribution >= 4 is 39.4 Å². The van der Waals surface area contributed by atoms with Crippen molar-refractivity contribution in [2.45, 2.75) is 32.4 Å². The molecule has 7 heteroatoms. The van der Waals surface area contributed by atoms with Gasteiger partial charge in [0.25, 0.3) is 0 Å². The largest absolute Gasteiger partial charge is 0.364 e. The highest BCUT2D eigenvalue weighted by Crippen LogP contribution is 2.34. The Bertz CT molecular complexity index is 1740. The molecule has 194 valence electrons.